The molecule has 0 aliphatic rings. The number of nitrogens with zero attached hydrogens (tertiary/aromatic N) is 2. The number of imidazole rings is 1. The predicted octanol–water partition coefficient (Wildman–Crippen LogP) is 3.51. The van der Waals surface area contributed by atoms with Crippen LogP contribution in [0.1, 0.15) is 32.8 Å². The van der Waals surface area contributed by atoms with E-state index in [1.807, 2.05) is 30.7 Å². The third-order valence-corrected chi connectivity index (χ3v) is 2.43. The van der Waals surface area contributed by atoms with E-state index in [-0.39, 0.29) is 0 Å². The molecule has 1 heterocycles. The summed E-state index contributed by atoms with van der Waals surface area (Å²) >= 11 is 0. The number of benzene rings is 1. The fourth-order valence-electron chi connectivity index (χ4n) is 1.41. The molecule has 0 bridgehead atoms. The van der Waals surface area contributed by atoms with E-state index in [4.69, 9.17) is 5.73 Å². The van der Waals surface area contributed by atoms with Gasteiger partial charge in [0.15, 0.2) is 0 Å². The lowest BCUT2D eigenvalue weighted by Crippen LogP contribution is -2.03. The summed E-state index contributed by atoms with van der Waals surface area (Å²) in [5.41, 5.74) is 6.72. The second-order valence-electron chi connectivity index (χ2n) is 3.78. The Morgan fingerprint density at radius 1 is 1.16 bits per heavy atom. The number of hydrogen-bond donors (Lipinski definition) is 1. The zero-order valence-corrected chi connectivity index (χ0v) is 12.4. The molecule has 0 saturated heterocycles. The largest absolute Gasteiger partial charge is 0.337 e. The van der Waals surface area contributed by atoms with Gasteiger partial charge in [-0.05, 0) is 24.9 Å². The van der Waals surface area contributed by atoms with Crippen molar-refractivity contribution in [2.24, 2.45) is 5.73 Å². The van der Waals surface area contributed by atoms with E-state index in [1.165, 1.54) is 5.56 Å². The number of hydrogen-bond acceptors (Lipinski definition) is 2. The average molecular weight is 261 g/mol. The Bertz CT molecular complexity index is 368. The van der Waals surface area contributed by atoms with Crippen LogP contribution in [0.15, 0.2) is 49.1 Å². The summed E-state index contributed by atoms with van der Waals surface area (Å²) in [6, 6.07) is 10.5. The van der Waals surface area contributed by atoms with Crippen molar-refractivity contribution in [3.63, 3.8) is 0 Å². The van der Waals surface area contributed by atoms with Crippen LogP contribution in [0.4, 0.5) is 0 Å². The molecule has 3 nitrogen and oxygen atoms in total. The molecule has 0 aliphatic carbocycles. The molecule has 0 amide bonds. The minimum Gasteiger partial charge on any atom is -0.337 e. The molecule has 0 saturated carbocycles. The van der Waals surface area contributed by atoms with Gasteiger partial charge in [0.05, 0.1) is 6.33 Å². The Morgan fingerprint density at radius 3 is 2.26 bits per heavy atom. The van der Waals surface area contributed by atoms with Crippen molar-refractivity contribution in [1.29, 1.82) is 0 Å². The number of nitrogens with two attached hydrogens (primary N) is 1. The molecule has 0 unspecified atom stereocenters. The molecule has 1 aromatic carbocycles. The highest BCUT2D eigenvalue weighted by Gasteiger charge is 1.85. The first-order chi connectivity index (χ1) is 9.36. The van der Waals surface area contributed by atoms with Gasteiger partial charge in [-0.2, -0.15) is 0 Å². The Labute approximate surface area is 117 Å². The predicted molar refractivity (Wildman–Crippen MR) is 83.1 cm³/mol. The highest BCUT2D eigenvalue weighted by molar-refractivity contribution is 5.13. The van der Waals surface area contributed by atoms with Gasteiger partial charge >= 0.3 is 0 Å². The average Bonchev–Trinajstić information content (AvgIpc) is 3.02. The Kier molecular flexibility index (Phi) is 11.7. The Morgan fingerprint density at radius 2 is 1.84 bits per heavy atom. The molecule has 0 radical (unpaired) electrons. The molecule has 0 fully saturated rings. The van der Waals surface area contributed by atoms with Gasteiger partial charge in [0.25, 0.3) is 0 Å². The summed E-state index contributed by atoms with van der Waals surface area (Å²) in [7, 11) is 0. The molecule has 2 rings (SSSR count). The van der Waals surface area contributed by atoms with Crippen molar-refractivity contribution >= 4 is 0 Å². The van der Waals surface area contributed by atoms with E-state index in [0.29, 0.717) is 0 Å². The highest BCUT2D eigenvalue weighted by Crippen LogP contribution is 1.96. The summed E-state index contributed by atoms with van der Waals surface area (Å²) in [6.45, 7) is 7.89. The summed E-state index contributed by atoms with van der Waals surface area (Å²) in [5, 5.41) is 0. The van der Waals surface area contributed by atoms with Crippen LogP contribution in [-0.4, -0.2) is 16.1 Å². The van der Waals surface area contributed by atoms with Crippen LogP contribution in [0.25, 0.3) is 0 Å². The molecule has 2 aromatic rings. The standard InChI is InChI=1S/C8H10.C6H11N3.C2H6/c1-2-8-6-4-3-5-7-8;7-2-1-4-9-5-3-8-6-9;1-2/h3-7H,2H2,1H3;3,5-6H,1-2,4,7H2;1-2H3. The molecule has 1 aromatic heterocycles. The first-order valence-corrected chi connectivity index (χ1v) is 7.06. The van der Waals surface area contributed by atoms with Crippen LogP contribution in [0.3, 0.4) is 0 Å². The first-order valence-electron chi connectivity index (χ1n) is 7.06. The van der Waals surface area contributed by atoms with Gasteiger partial charge in [-0.1, -0.05) is 51.1 Å². The molecular weight excluding hydrogens is 234 g/mol. The highest BCUT2D eigenvalue weighted by atomic mass is 15.0. The maximum absolute atomic E-state index is 5.31. The fourth-order valence-corrected chi connectivity index (χ4v) is 1.41. The summed E-state index contributed by atoms with van der Waals surface area (Å²) in [5.74, 6) is 0. The van der Waals surface area contributed by atoms with Gasteiger partial charge in [-0.15, -0.1) is 0 Å². The van der Waals surface area contributed by atoms with Crippen molar-refractivity contribution in [3.05, 3.63) is 54.6 Å². The first kappa shape index (κ1) is 17.4. The van der Waals surface area contributed by atoms with Crippen LogP contribution in [0.2, 0.25) is 0 Å². The van der Waals surface area contributed by atoms with Crippen molar-refractivity contribution in [2.45, 2.75) is 40.2 Å². The third kappa shape index (κ3) is 9.03. The van der Waals surface area contributed by atoms with Gasteiger partial charge in [-0.3, -0.25) is 0 Å². The minimum atomic E-state index is 0.748. The zero-order chi connectivity index (χ0) is 14.3. The quantitative estimate of drug-likeness (QED) is 0.915. The van der Waals surface area contributed by atoms with E-state index in [1.54, 1.807) is 12.5 Å². The topological polar surface area (TPSA) is 43.8 Å². The molecular formula is C16H27N3. The number of aryl methyl sites for hydroxylation is 2. The lowest BCUT2D eigenvalue weighted by molar-refractivity contribution is 0.650. The lowest BCUT2D eigenvalue weighted by Gasteiger charge is -1.96. The molecule has 0 aliphatic heterocycles. The SMILES string of the molecule is CC.CCc1ccccc1.NCCCn1ccnc1. The van der Waals surface area contributed by atoms with E-state index >= 15 is 0 Å². The second kappa shape index (κ2) is 12.8. The van der Waals surface area contributed by atoms with Gasteiger partial charge in [0, 0.05) is 18.9 Å². The molecule has 19 heavy (non-hydrogen) atoms. The molecule has 0 spiro atoms. The zero-order valence-electron chi connectivity index (χ0n) is 12.4. The second-order valence-corrected chi connectivity index (χ2v) is 3.78. The maximum atomic E-state index is 5.31. The van der Waals surface area contributed by atoms with Crippen molar-refractivity contribution in [1.82, 2.24) is 9.55 Å². The lowest BCUT2D eigenvalue weighted by atomic mass is 10.2. The van der Waals surface area contributed by atoms with Crippen LogP contribution < -0.4 is 5.73 Å². The molecule has 3 heteroatoms. The minimum absolute atomic E-state index is 0.748. The van der Waals surface area contributed by atoms with Crippen LogP contribution in [0, 0.1) is 0 Å². The summed E-state index contributed by atoms with van der Waals surface area (Å²) in [4.78, 5) is 3.90. The monoisotopic (exact) mass is 261 g/mol. The Hall–Kier alpha value is -1.61. The van der Waals surface area contributed by atoms with Gasteiger partial charge in [-0.25, -0.2) is 4.98 Å². The van der Waals surface area contributed by atoms with Crippen LogP contribution in [0.5, 0.6) is 0 Å². The van der Waals surface area contributed by atoms with Crippen LogP contribution >= 0.6 is 0 Å². The van der Waals surface area contributed by atoms with Crippen molar-refractivity contribution in [3.8, 4) is 0 Å². The van der Waals surface area contributed by atoms with Gasteiger partial charge in [0.2, 0.25) is 0 Å². The van der Waals surface area contributed by atoms with Gasteiger partial charge in [0.1, 0.15) is 0 Å². The summed E-state index contributed by atoms with van der Waals surface area (Å²) < 4.78 is 2.02. The number of rotatable bonds is 4. The molecule has 2 N–H and O–H groups in total. The van der Waals surface area contributed by atoms with E-state index in [9.17, 15) is 0 Å². The van der Waals surface area contributed by atoms with E-state index in [2.05, 4.69) is 36.2 Å². The summed E-state index contributed by atoms with van der Waals surface area (Å²) in [6.07, 6.45) is 7.68. The van der Waals surface area contributed by atoms with Crippen molar-refractivity contribution in [2.75, 3.05) is 6.54 Å². The van der Waals surface area contributed by atoms with Crippen LogP contribution in [-0.2, 0) is 13.0 Å². The van der Waals surface area contributed by atoms with E-state index < -0.39 is 0 Å². The number of aromatic nitrogens is 2. The molecule has 106 valence electrons. The van der Waals surface area contributed by atoms with E-state index in [0.717, 1.165) is 25.9 Å². The Balaban J connectivity index is 0.000000303. The maximum Gasteiger partial charge on any atom is 0.0945 e. The third-order valence-electron chi connectivity index (χ3n) is 2.43. The smallest absolute Gasteiger partial charge is 0.0945 e. The van der Waals surface area contributed by atoms with Gasteiger partial charge < -0.3 is 10.3 Å². The normalized spacial score (nSPS) is 8.84. The van der Waals surface area contributed by atoms with Crippen molar-refractivity contribution < 1.29 is 0 Å². The fraction of sp³-hybridized carbons (Fsp3) is 0.438. The molecule has 0 atom stereocenters.